The minimum Gasteiger partial charge on any atom is -0.310 e. The molecular formula is C60H40N4. The van der Waals surface area contributed by atoms with Crippen molar-refractivity contribution in [3.63, 3.8) is 0 Å². The maximum atomic E-state index is 2.50. The number of hydrogen-bond donors (Lipinski definition) is 0. The molecule has 64 heavy (non-hydrogen) atoms. The first-order valence-corrected chi connectivity index (χ1v) is 21.9. The van der Waals surface area contributed by atoms with Crippen LogP contribution in [0.3, 0.4) is 0 Å². The Morgan fingerprint density at radius 3 is 1.42 bits per heavy atom. The summed E-state index contributed by atoms with van der Waals surface area (Å²) < 4.78 is 4.97. The minimum absolute atomic E-state index is 1.06. The summed E-state index contributed by atoms with van der Waals surface area (Å²) >= 11 is 0. The van der Waals surface area contributed by atoms with Gasteiger partial charge in [-0.25, -0.2) is 0 Å². The predicted octanol–water partition coefficient (Wildman–Crippen LogP) is 16.5. The van der Waals surface area contributed by atoms with Crippen molar-refractivity contribution in [2.75, 3.05) is 9.80 Å². The number of aromatic nitrogens is 2. The zero-order valence-corrected chi connectivity index (χ0v) is 34.9. The van der Waals surface area contributed by atoms with Gasteiger partial charge in [0, 0.05) is 66.7 Å². The summed E-state index contributed by atoms with van der Waals surface area (Å²) in [6.07, 6.45) is 0. The monoisotopic (exact) mass is 816 g/mol. The highest BCUT2D eigenvalue weighted by Crippen LogP contribution is 2.46. The van der Waals surface area contributed by atoms with Crippen LogP contribution >= 0.6 is 0 Å². The van der Waals surface area contributed by atoms with Crippen LogP contribution in [0.1, 0.15) is 0 Å². The lowest BCUT2D eigenvalue weighted by Crippen LogP contribution is -2.13. The number of hydrogen-bond acceptors (Lipinski definition) is 2. The van der Waals surface area contributed by atoms with Crippen LogP contribution in [0.2, 0.25) is 0 Å². The average Bonchev–Trinajstić information content (AvgIpc) is 3.85. The molecule has 0 saturated heterocycles. The van der Waals surface area contributed by atoms with Gasteiger partial charge in [-0.2, -0.15) is 0 Å². The lowest BCUT2D eigenvalue weighted by atomic mass is 10.0. The van der Waals surface area contributed by atoms with Gasteiger partial charge in [-0.3, -0.25) is 0 Å². The molecule has 0 aliphatic rings. The second-order valence-electron chi connectivity index (χ2n) is 16.6. The van der Waals surface area contributed by atoms with E-state index in [2.05, 4.69) is 261 Å². The fraction of sp³-hybridized carbons (Fsp3) is 0. The van der Waals surface area contributed by atoms with Crippen LogP contribution in [0.25, 0.3) is 76.7 Å². The maximum absolute atomic E-state index is 2.50. The number of nitrogens with zero attached hydrogens (tertiary/aromatic N) is 4. The predicted molar refractivity (Wildman–Crippen MR) is 270 cm³/mol. The summed E-state index contributed by atoms with van der Waals surface area (Å²) in [5.74, 6) is 0. The smallest absolute Gasteiger partial charge is 0.0619 e. The van der Waals surface area contributed by atoms with Gasteiger partial charge in [0.1, 0.15) is 0 Å². The highest BCUT2D eigenvalue weighted by atomic mass is 15.2. The molecule has 13 aromatic rings. The van der Waals surface area contributed by atoms with Crippen LogP contribution < -0.4 is 9.80 Å². The van der Waals surface area contributed by atoms with Crippen molar-refractivity contribution in [3.05, 3.63) is 243 Å². The van der Waals surface area contributed by atoms with Gasteiger partial charge in [0.2, 0.25) is 0 Å². The molecular weight excluding hydrogens is 777 g/mol. The topological polar surface area (TPSA) is 15.8 Å². The summed E-state index contributed by atoms with van der Waals surface area (Å²) in [6.45, 7) is 0. The van der Waals surface area contributed by atoms with E-state index in [-0.39, 0.29) is 0 Å². The average molecular weight is 817 g/mol. The standard InChI is InChI=1S/C60H40N4/c1-4-17-41(18-5-1)42-35-37-45(38-36-42)61(43-19-6-2-7-20-43)46-23-12-24-47(39-46)62(44-21-8-3-9-22-44)48-25-13-26-49(40-48)63-55-32-15-28-51-53-30-14-29-52-50-27-10-11-31-54(50)64(60(52)53)57-34-16-33-56(63)59(57)58(51)55/h1-40H. The van der Waals surface area contributed by atoms with Gasteiger partial charge in [0.25, 0.3) is 0 Å². The van der Waals surface area contributed by atoms with Crippen molar-refractivity contribution in [1.29, 1.82) is 0 Å². The molecule has 0 aliphatic heterocycles. The fourth-order valence-electron chi connectivity index (χ4n) is 10.3. The summed E-state index contributed by atoms with van der Waals surface area (Å²) in [7, 11) is 0. The van der Waals surface area contributed by atoms with E-state index in [1.807, 2.05) is 0 Å². The third-order valence-corrected chi connectivity index (χ3v) is 13.0. The molecule has 300 valence electrons. The largest absolute Gasteiger partial charge is 0.310 e. The highest BCUT2D eigenvalue weighted by Gasteiger charge is 2.23. The fourth-order valence-corrected chi connectivity index (χ4v) is 10.3. The number of benzene rings is 10. The van der Waals surface area contributed by atoms with Gasteiger partial charge in [0.05, 0.1) is 27.6 Å². The Kier molecular flexibility index (Phi) is 8.18. The first kappa shape index (κ1) is 36.1. The Morgan fingerprint density at radius 1 is 0.266 bits per heavy atom. The van der Waals surface area contributed by atoms with Gasteiger partial charge in [-0.15, -0.1) is 0 Å². The van der Waals surface area contributed by atoms with E-state index in [0.717, 1.165) is 39.8 Å². The molecule has 0 spiro atoms. The minimum atomic E-state index is 1.06. The summed E-state index contributed by atoms with van der Waals surface area (Å²) in [5.41, 5.74) is 16.0. The molecule has 0 unspecified atom stereocenters. The molecule has 0 bridgehead atoms. The van der Waals surface area contributed by atoms with Crippen molar-refractivity contribution in [2.24, 2.45) is 0 Å². The molecule has 10 aromatic carbocycles. The lowest BCUT2D eigenvalue weighted by Gasteiger charge is -2.29. The van der Waals surface area contributed by atoms with Gasteiger partial charge in [0.15, 0.2) is 0 Å². The van der Waals surface area contributed by atoms with E-state index in [4.69, 9.17) is 0 Å². The van der Waals surface area contributed by atoms with E-state index in [0.29, 0.717) is 0 Å². The van der Waals surface area contributed by atoms with Gasteiger partial charge in [-0.05, 0) is 114 Å². The third kappa shape index (κ3) is 5.56. The Bertz CT molecular complexity index is 3830. The van der Waals surface area contributed by atoms with Crippen molar-refractivity contribution in [3.8, 4) is 16.8 Å². The van der Waals surface area contributed by atoms with Gasteiger partial charge in [-0.1, -0.05) is 146 Å². The maximum Gasteiger partial charge on any atom is 0.0619 e. The number of anilines is 6. The third-order valence-electron chi connectivity index (χ3n) is 13.0. The van der Waals surface area contributed by atoms with Crippen LogP contribution in [0.15, 0.2) is 243 Å². The number of para-hydroxylation sites is 4. The number of rotatable bonds is 8. The molecule has 0 radical (unpaired) electrons. The normalized spacial score (nSPS) is 11.8. The van der Waals surface area contributed by atoms with E-state index in [9.17, 15) is 0 Å². The Morgan fingerprint density at radius 2 is 0.703 bits per heavy atom. The van der Waals surface area contributed by atoms with Crippen LogP contribution in [0, 0.1) is 0 Å². The molecule has 0 amide bonds. The van der Waals surface area contributed by atoms with E-state index in [1.165, 1.54) is 71.0 Å². The Balaban J connectivity index is 0.994. The van der Waals surface area contributed by atoms with Crippen molar-refractivity contribution in [2.45, 2.75) is 0 Å². The second kappa shape index (κ2) is 14.5. The van der Waals surface area contributed by atoms with E-state index >= 15 is 0 Å². The molecule has 3 aromatic heterocycles. The van der Waals surface area contributed by atoms with Crippen LogP contribution in [-0.4, -0.2) is 8.97 Å². The van der Waals surface area contributed by atoms with Crippen molar-refractivity contribution in [1.82, 2.24) is 8.97 Å². The molecule has 0 aliphatic carbocycles. The van der Waals surface area contributed by atoms with Crippen LogP contribution in [0.5, 0.6) is 0 Å². The lowest BCUT2D eigenvalue weighted by molar-refractivity contribution is 1.17. The SMILES string of the molecule is c1ccc(-c2ccc(N(c3ccccc3)c3cccc(N(c4ccccc4)c4cccc(-n5c6cccc7c8cccc9c%10ccccc%10n(c%10cccc5c%10c76)c89)c4)c3)cc2)cc1. The second-order valence-corrected chi connectivity index (χ2v) is 16.6. The molecule has 0 fully saturated rings. The molecule has 3 heterocycles. The first-order chi connectivity index (χ1) is 31.8. The molecule has 0 saturated carbocycles. The molecule has 4 nitrogen and oxygen atoms in total. The molecule has 0 N–H and O–H groups in total. The molecule has 0 atom stereocenters. The summed E-state index contributed by atoms with van der Waals surface area (Å²) in [4.78, 5) is 4.72. The van der Waals surface area contributed by atoms with E-state index < -0.39 is 0 Å². The van der Waals surface area contributed by atoms with Crippen molar-refractivity contribution >= 4 is 94.0 Å². The first-order valence-electron chi connectivity index (χ1n) is 21.9. The summed E-state index contributed by atoms with van der Waals surface area (Å²) in [6, 6.07) is 88.0. The van der Waals surface area contributed by atoms with Gasteiger partial charge < -0.3 is 18.8 Å². The zero-order valence-electron chi connectivity index (χ0n) is 34.9. The van der Waals surface area contributed by atoms with Gasteiger partial charge >= 0.3 is 0 Å². The molecule has 13 rings (SSSR count). The zero-order chi connectivity index (χ0) is 42.1. The quantitative estimate of drug-likeness (QED) is 0.152. The summed E-state index contributed by atoms with van der Waals surface area (Å²) in [5, 5.41) is 7.63. The van der Waals surface area contributed by atoms with E-state index in [1.54, 1.807) is 0 Å². The number of fused-ring (bicyclic) bond motifs is 5. The Hall–Kier alpha value is -8.60. The highest BCUT2D eigenvalue weighted by molar-refractivity contribution is 6.31. The Labute approximate surface area is 370 Å². The molecule has 4 heteroatoms. The van der Waals surface area contributed by atoms with Crippen LogP contribution in [0.4, 0.5) is 34.1 Å². The van der Waals surface area contributed by atoms with Crippen LogP contribution in [-0.2, 0) is 0 Å². The van der Waals surface area contributed by atoms with Crippen molar-refractivity contribution < 1.29 is 0 Å².